The van der Waals surface area contributed by atoms with E-state index in [1.54, 1.807) is 0 Å². The van der Waals surface area contributed by atoms with E-state index in [0.717, 1.165) is 49.4 Å². The Hall–Kier alpha value is -1.08. The van der Waals surface area contributed by atoms with E-state index in [2.05, 4.69) is 31.3 Å². The molecule has 0 unspecified atom stereocenters. The van der Waals surface area contributed by atoms with Crippen LogP contribution in [0, 0.1) is 6.92 Å². The van der Waals surface area contributed by atoms with Crippen LogP contribution in [0.3, 0.4) is 0 Å². The average Bonchev–Trinajstić information content (AvgIpc) is 2.86. The van der Waals surface area contributed by atoms with Gasteiger partial charge in [0.1, 0.15) is 5.82 Å². The number of hydrogen-bond acceptors (Lipinski definition) is 6. The number of halogens is 2. The number of nitrogens with two attached hydrogens (primary N) is 1. The Morgan fingerprint density at radius 2 is 1.91 bits per heavy atom. The van der Waals surface area contributed by atoms with E-state index in [-0.39, 0.29) is 24.8 Å². The number of anilines is 2. The van der Waals surface area contributed by atoms with Gasteiger partial charge < -0.3 is 10.6 Å². The van der Waals surface area contributed by atoms with E-state index in [1.807, 2.05) is 19.1 Å². The van der Waals surface area contributed by atoms with Crippen LogP contribution >= 0.6 is 36.3 Å². The SMILES string of the molecule is Cc1nsc(N2CCN(Cc3cccc(N)c3)CC2)n1.Cl.Cl. The maximum atomic E-state index is 5.82. The van der Waals surface area contributed by atoms with Gasteiger partial charge in [-0.2, -0.15) is 4.37 Å². The Bertz CT molecular complexity index is 584. The number of nitrogen functional groups attached to an aromatic ring is 1. The smallest absolute Gasteiger partial charge is 0.205 e. The van der Waals surface area contributed by atoms with E-state index in [4.69, 9.17) is 5.73 Å². The van der Waals surface area contributed by atoms with Gasteiger partial charge in [0.15, 0.2) is 0 Å². The quantitative estimate of drug-likeness (QED) is 0.851. The first-order chi connectivity index (χ1) is 9.70. The first kappa shape index (κ1) is 19.0. The molecule has 1 aliphatic rings. The number of rotatable bonds is 3. The van der Waals surface area contributed by atoms with Crippen molar-refractivity contribution < 1.29 is 0 Å². The average molecular weight is 362 g/mol. The molecule has 5 nitrogen and oxygen atoms in total. The minimum atomic E-state index is 0. The van der Waals surface area contributed by atoms with Crippen molar-refractivity contribution in [3.05, 3.63) is 35.7 Å². The summed E-state index contributed by atoms with van der Waals surface area (Å²) in [5, 5.41) is 1.05. The molecule has 1 aromatic carbocycles. The fraction of sp³-hybridized carbons (Fsp3) is 0.429. The van der Waals surface area contributed by atoms with Gasteiger partial charge in [0.05, 0.1) is 0 Å². The zero-order valence-electron chi connectivity index (χ0n) is 12.4. The van der Waals surface area contributed by atoms with Gasteiger partial charge in [0.2, 0.25) is 5.13 Å². The lowest BCUT2D eigenvalue weighted by Gasteiger charge is -2.34. The largest absolute Gasteiger partial charge is 0.399 e. The van der Waals surface area contributed by atoms with Crippen LogP contribution in [0.15, 0.2) is 24.3 Å². The first-order valence-electron chi connectivity index (χ1n) is 6.83. The van der Waals surface area contributed by atoms with Gasteiger partial charge in [-0.3, -0.25) is 4.90 Å². The van der Waals surface area contributed by atoms with Gasteiger partial charge >= 0.3 is 0 Å². The van der Waals surface area contributed by atoms with Gasteiger partial charge in [-0.15, -0.1) is 24.8 Å². The van der Waals surface area contributed by atoms with Crippen molar-refractivity contribution in [3.63, 3.8) is 0 Å². The van der Waals surface area contributed by atoms with Crippen LogP contribution in [-0.2, 0) is 6.54 Å². The monoisotopic (exact) mass is 361 g/mol. The van der Waals surface area contributed by atoms with Crippen molar-refractivity contribution in [3.8, 4) is 0 Å². The Kier molecular flexibility index (Phi) is 7.35. The van der Waals surface area contributed by atoms with Crippen LogP contribution in [0.5, 0.6) is 0 Å². The van der Waals surface area contributed by atoms with Crippen LogP contribution in [-0.4, -0.2) is 40.4 Å². The molecule has 1 aromatic heterocycles. The molecule has 22 heavy (non-hydrogen) atoms. The van der Waals surface area contributed by atoms with E-state index in [1.165, 1.54) is 17.1 Å². The predicted molar refractivity (Wildman–Crippen MR) is 97.5 cm³/mol. The number of benzene rings is 1. The molecule has 1 aliphatic heterocycles. The molecule has 0 spiro atoms. The van der Waals surface area contributed by atoms with Crippen LogP contribution in [0.25, 0.3) is 0 Å². The molecular weight excluding hydrogens is 341 g/mol. The van der Waals surface area contributed by atoms with Crippen molar-refractivity contribution in [2.45, 2.75) is 13.5 Å². The second-order valence-corrected chi connectivity index (χ2v) is 5.86. The van der Waals surface area contributed by atoms with Crippen molar-refractivity contribution in [1.29, 1.82) is 0 Å². The normalized spacial score (nSPS) is 15.0. The number of nitrogens with zero attached hydrogens (tertiary/aromatic N) is 4. The van der Waals surface area contributed by atoms with Crippen molar-refractivity contribution in [2.75, 3.05) is 36.8 Å². The molecule has 2 N–H and O–H groups in total. The van der Waals surface area contributed by atoms with Gasteiger partial charge in [0, 0.05) is 49.9 Å². The highest BCUT2D eigenvalue weighted by Crippen LogP contribution is 2.19. The Labute approximate surface area is 147 Å². The first-order valence-corrected chi connectivity index (χ1v) is 7.60. The summed E-state index contributed by atoms with van der Waals surface area (Å²) >= 11 is 1.49. The molecule has 0 bridgehead atoms. The van der Waals surface area contributed by atoms with Gasteiger partial charge in [-0.25, -0.2) is 4.98 Å². The number of aromatic nitrogens is 2. The standard InChI is InChI=1S/C14H19N5S.2ClH/c1-11-16-14(20-17-11)19-7-5-18(6-8-19)10-12-3-2-4-13(15)9-12;;/h2-4,9H,5-8,10,15H2,1H3;2*1H. The summed E-state index contributed by atoms with van der Waals surface area (Å²) in [6, 6.07) is 8.14. The highest BCUT2D eigenvalue weighted by atomic mass is 35.5. The molecule has 1 fully saturated rings. The summed E-state index contributed by atoms with van der Waals surface area (Å²) in [7, 11) is 0. The fourth-order valence-corrected chi connectivity index (χ4v) is 3.19. The van der Waals surface area contributed by atoms with E-state index >= 15 is 0 Å². The molecule has 8 heteroatoms. The Balaban J connectivity index is 0.00000121. The van der Waals surface area contributed by atoms with Crippen LogP contribution in [0.2, 0.25) is 0 Å². The topological polar surface area (TPSA) is 58.3 Å². The van der Waals surface area contributed by atoms with Crippen molar-refractivity contribution in [2.24, 2.45) is 0 Å². The molecule has 1 saturated heterocycles. The molecule has 0 radical (unpaired) electrons. The second kappa shape index (κ2) is 8.53. The zero-order valence-corrected chi connectivity index (χ0v) is 14.9. The van der Waals surface area contributed by atoms with Gasteiger partial charge in [-0.1, -0.05) is 12.1 Å². The Morgan fingerprint density at radius 3 is 2.50 bits per heavy atom. The maximum Gasteiger partial charge on any atom is 0.205 e. The maximum absolute atomic E-state index is 5.82. The summed E-state index contributed by atoms with van der Waals surface area (Å²) in [6.07, 6.45) is 0. The van der Waals surface area contributed by atoms with E-state index < -0.39 is 0 Å². The summed E-state index contributed by atoms with van der Waals surface area (Å²) in [5.41, 5.74) is 7.94. The minimum absolute atomic E-state index is 0. The van der Waals surface area contributed by atoms with Crippen LogP contribution in [0.4, 0.5) is 10.8 Å². The molecule has 0 saturated carbocycles. The summed E-state index contributed by atoms with van der Waals surface area (Å²) in [6.45, 7) is 7.03. The highest BCUT2D eigenvalue weighted by Gasteiger charge is 2.19. The summed E-state index contributed by atoms with van der Waals surface area (Å²) in [4.78, 5) is 9.23. The predicted octanol–water partition coefficient (Wildman–Crippen LogP) is 2.59. The van der Waals surface area contributed by atoms with E-state index in [0.29, 0.717) is 0 Å². The molecule has 2 heterocycles. The second-order valence-electron chi connectivity index (χ2n) is 5.13. The molecule has 2 aromatic rings. The lowest BCUT2D eigenvalue weighted by Crippen LogP contribution is -2.45. The number of aryl methyl sites for hydroxylation is 1. The third-order valence-corrected chi connectivity index (χ3v) is 4.39. The van der Waals surface area contributed by atoms with Crippen LogP contribution in [0.1, 0.15) is 11.4 Å². The third kappa shape index (κ3) is 4.71. The molecular formula is C14H21Cl2N5S. The molecule has 122 valence electrons. The summed E-state index contributed by atoms with van der Waals surface area (Å²) in [5.74, 6) is 0.868. The van der Waals surface area contributed by atoms with Crippen molar-refractivity contribution in [1.82, 2.24) is 14.3 Å². The van der Waals surface area contributed by atoms with Gasteiger partial charge in [0.25, 0.3) is 0 Å². The van der Waals surface area contributed by atoms with E-state index in [9.17, 15) is 0 Å². The van der Waals surface area contributed by atoms with Gasteiger partial charge in [-0.05, 0) is 24.6 Å². The lowest BCUT2D eigenvalue weighted by atomic mass is 10.2. The fourth-order valence-electron chi connectivity index (χ4n) is 2.46. The lowest BCUT2D eigenvalue weighted by molar-refractivity contribution is 0.250. The van der Waals surface area contributed by atoms with Crippen LogP contribution < -0.4 is 10.6 Å². The molecule has 3 rings (SSSR count). The third-order valence-electron chi connectivity index (χ3n) is 3.52. The minimum Gasteiger partial charge on any atom is -0.399 e. The molecule has 0 aliphatic carbocycles. The van der Waals surface area contributed by atoms with Crippen molar-refractivity contribution >= 4 is 47.2 Å². The number of hydrogen-bond donors (Lipinski definition) is 1. The molecule has 0 atom stereocenters. The Morgan fingerprint density at radius 1 is 1.18 bits per heavy atom. The summed E-state index contributed by atoms with van der Waals surface area (Å²) < 4.78 is 4.25. The zero-order chi connectivity index (χ0) is 13.9. The molecule has 0 amide bonds. The highest BCUT2D eigenvalue weighted by molar-refractivity contribution is 7.09. The number of piperazine rings is 1.